The van der Waals surface area contributed by atoms with E-state index in [1.165, 1.54) is 25.5 Å². The Labute approximate surface area is 143 Å². The van der Waals surface area contributed by atoms with Crippen LogP contribution >= 0.6 is 15.9 Å². The van der Waals surface area contributed by atoms with Crippen LogP contribution in [-0.2, 0) is 0 Å². The van der Waals surface area contributed by atoms with Crippen molar-refractivity contribution in [2.24, 2.45) is 5.10 Å². The minimum absolute atomic E-state index is 0.253. The monoisotopic (exact) mass is 375 g/mol. The number of piperidine rings is 1. The number of nitrogens with zero attached hydrogens (tertiary/aromatic N) is 2. The predicted octanol–water partition coefficient (Wildman–Crippen LogP) is 3.80. The van der Waals surface area contributed by atoms with Crippen LogP contribution in [-0.4, -0.2) is 25.2 Å². The van der Waals surface area contributed by atoms with Gasteiger partial charge in [-0.1, -0.05) is 15.9 Å². The van der Waals surface area contributed by atoms with Gasteiger partial charge in [-0.05, 0) is 49.6 Å². The van der Waals surface area contributed by atoms with Gasteiger partial charge in [0.1, 0.15) is 5.76 Å². The van der Waals surface area contributed by atoms with Crippen LogP contribution in [0.4, 0.5) is 5.88 Å². The highest BCUT2D eigenvalue weighted by molar-refractivity contribution is 9.10. The van der Waals surface area contributed by atoms with Gasteiger partial charge in [-0.15, -0.1) is 0 Å². The number of furan rings is 1. The smallest absolute Gasteiger partial charge is 0.271 e. The van der Waals surface area contributed by atoms with E-state index in [2.05, 4.69) is 31.4 Å². The molecular weight excluding hydrogens is 358 g/mol. The average molecular weight is 376 g/mol. The minimum atomic E-state index is -0.253. The van der Waals surface area contributed by atoms with E-state index >= 15 is 0 Å². The van der Waals surface area contributed by atoms with Crippen molar-refractivity contribution in [3.8, 4) is 0 Å². The number of benzene rings is 1. The number of anilines is 1. The first-order valence-electron chi connectivity index (χ1n) is 7.66. The average Bonchev–Trinajstić information content (AvgIpc) is 3.05. The molecule has 5 nitrogen and oxygen atoms in total. The molecule has 0 radical (unpaired) electrons. The second-order valence-corrected chi connectivity index (χ2v) is 6.35. The molecule has 2 aromatic rings. The molecule has 0 bridgehead atoms. The number of halogens is 1. The number of carbonyl (C=O) groups is 1. The fourth-order valence-electron chi connectivity index (χ4n) is 2.52. The van der Waals surface area contributed by atoms with E-state index in [4.69, 9.17) is 4.42 Å². The van der Waals surface area contributed by atoms with Crippen LogP contribution in [0.15, 0.2) is 50.4 Å². The first-order chi connectivity index (χ1) is 11.2. The van der Waals surface area contributed by atoms with Crippen LogP contribution in [0.1, 0.15) is 35.4 Å². The van der Waals surface area contributed by atoms with Gasteiger partial charge in [-0.2, -0.15) is 5.10 Å². The summed E-state index contributed by atoms with van der Waals surface area (Å²) < 4.78 is 6.67. The molecule has 1 aliphatic rings. The van der Waals surface area contributed by atoms with Crippen LogP contribution in [0.3, 0.4) is 0 Å². The van der Waals surface area contributed by atoms with E-state index in [0.29, 0.717) is 11.3 Å². The summed E-state index contributed by atoms with van der Waals surface area (Å²) in [6, 6.07) is 10.9. The summed E-state index contributed by atoms with van der Waals surface area (Å²) in [7, 11) is 0. The SMILES string of the molecule is O=C(N/N=C/c1ccc(N2CCCCC2)o1)c1ccc(Br)cc1. The maximum absolute atomic E-state index is 11.9. The zero-order chi connectivity index (χ0) is 16.1. The number of hydrogen-bond acceptors (Lipinski definition) is 4. The highest BCUT2D eigenvalue weighted by Gasteiger charge is 2.13. The third-order valence-corrected chi connectivity index (χ3v) is 4.27. The van der Waals surface area contributed by atoms with Crippen LogP contribution in [0.2, 0.25) is 0 Å². The lowest BCUT2D eigenvalue weighted by atomic mass is 10.1. The van der Waals surface area contributed by atoms with Crippen LogP contribution in [0.25, 0.3) is 0 Å². The first kappa shape index (κ1) is 15.8. The Morgan fingerprint density at radius 3 is 2.61 bits per heavy atom. The second kappa shape index (κ2) is 7.46. The Morgan fingerprint density at radius 2 is 1.87 bits per heavy atom. The number of rotatable bonds is 4. The summed E-state index contributed by atoms with van der Waals surface area (Å²) in [5, 5.41) is 3.95. The van der Waals surface area contributed by atoms with Crippen LogP contribution in [0, 0.1) is 0 Å². The zero-order valence-corrected chi connectivity index (χ0v) is 14.3. The van der Waals surface area contributed by atoms with Crippen molar-refractivity contribution >= 4 is 33.9 Å². The summed E-state index contributed by atoms with van der Waals surface area (Å²) in [5.74, 6) is 1.24. The Kier molecular flexibility index (Phi) is 5.12. The number of nitrogens with one attached hydrogen (secondary N) is 1. The molecule has 1 aromatic carbocycles. The van der Waals surface area contributed by atoms with Gasteiger partial charge in [-0.25, -0.2) is 5.43 Å². The third-order valence-electron chi connectivity index (χ3n) is 3.74. The number of hydrazone groups is 1. The Bertz CT molecular complexity index is 688. The van der Waals surface area contributed by atoms with Gasteiger partial charge in [0.25, 0.3) is 5.91 Å². The topological polar surface area (TPSA) is 57.8 Å². The molecule has 0 atom stereocenters. The molecule has 120 valence electrons. The van der Waals surface area contributed by atoms with Gasteiger partial charge in [0.2, 0.25) is 0 Å². The van der Waals surface area contributed by atoms with Crippen molar-refractivity contribution in [2.75, 3.05) is 18.0 Å². The van der Waals surface area contributed by atoms with E-state index in [1.54, 1.807) is 12.1 Å². The summed E-state index contributed by atoms with van der Waals surface area (Å²) >= 11 is 3.34. The lowest BCUT2D eigenvalue weighted by molar-refractivity contribution is 0.0955. The van der Waals surface area contributed by atoms with Gasteiger partial charge in [0, 0.05) is 29.2 Å². The van der Waals surface area contributed by atoms with Crippen molar-refractivity contribution in [1.29, 1.82) is 0 Å². The van der Waals surface area contributed by atoms with Gasteiger partial charge < -0.3 is 9.32 Å². The van der Waals surface area contributed by atoms with Crippen molar-refractivity contribution in [1.82, 2.24) is 5.43 Å². The van der Waals surface area contributed by atoms with Crippen molar-refractivity contribution < 1.29 is 9.21 Å². The second-order valence-electron chi connectivity index (χ2n) is 5.43. The summed E-state index contributed by atoms with van der Waals surface area (Å²) in [6.07, 6.45) is 5.21. The van der Waals surface area contributed by atoms with Crippen molar-refractivity contribution in [3.63, 3.8) is 0 Å². The fraction of sp³-hybridized carbons (Fsp3) is 0.294. The number of amides is 1. The minimum Gasteiger partial charge on any atom is -0.440 e. The molecule has 0 unspecified atom stereocenters. The molecule has 2 heterocycles. The van der Waals surface area contributed by atoms with E-state index < -0.39 is 0 Å². The molecule has 0 saturated carbocycles. The van der Waals surface area contributed by atoms with Crippen LogP contribution < -0.4 is 10.3 Å². The molecule has 23 heavy (non-hydrogen) atoms. The van der Waals surface area contributed by atoms with E-state index in [0.717, 1.165) is 23.4 Å². The predicted molar refractivity (Wildman–Crippen MR) is 94.0 cm³/mol. The van der Waals surface area contributed by atoms with Gasteiger partial charge in [0.15, 0.2) is 5.88 Å². The molecule has 1 amide bonds. The van der Waals surface area contributed by atoms with Gasteiger partial charge in [0.05, 0.1) is 6.21 Å². The maximum atomic E-state index is 11.9. The van der Waals surface area contributed by atoms with Crippen molar-refractivity contribution in [2.45, 2.75) is 19.3 Å². The van der Waals surface area contributed by atoms with E-state index in [9.17, 15) is 4.79 Å². The molecule has 1 saturated heterocycles. The molecule has 1 aliphatic heterocycles. The summed E-state index contributed by atoms with van der Waals surface area (Å²) in [5.41, 5.74) is 3.05. The lowest BCUT2D eigenvalue weighted by Crippen LogP contribution is -2.28. The normalized spacial score (nSPS) is 15.1. The molecule has 1 aromatic heterocycles. The van der Waals surface area contributed by atoms with Crippen LogP contribution in [0.5, 0.6) is 0 Å². The number of carbonyl (C=O) groups excluding carboxylic acids is 1. The Morgan fingerprint density at radius 1 is 1.13 bits per heavy atom. The van der Waals surface area contributed by atoms with Gasteiger partial charge >= 0.3 is 0 Å². The maximum Gasteiger partial charge on any atom is 0.271 e. The van der Waals surface area contributed by atoms with Crippen molar-refractivity contribution in [3.05, 3.63) is 52.2 Å². The molecular formula is C17H18BrN3O2. The summed E-state index contributed by atoms with van der Waals surface area (Å²) in [4.78, 5) is 14.2. The fourth-order valence-corrected chi connectivity index (χ4v) is 2.78. The molecule has 3 rings (SSSR count). The largest absolute Gasteiger partial charge is 0.440 e. The lowest BCUT2D eigenvalue weighted by Gasteiger charge is -2.25. The molecule has 0 aliphatic carbocycles. The highest BCUT2D eigenvalue weighted by Crippen LogP contribution is 2.21. The number of hydrogen-bond donors (Lipinski definition) is 1. The van der Waals surface area contributed by atoms with E-state index in [-0.39, 0.29) is 5.91 Å². The summed E-state index contributed by atoms with van der Waals surface area (Å²) in [6.45, 7) is 2.06. The third kappa shape index (κ3) is 4.22. The molecule has 1 N–H and O–H groups in total. The molecule has 1 fully saturated rings. The Balaban J connectivity index is 1.56. The van der Waals surface area contributed by atoms with E-state index in [1.807, 2.05) is 24.3 Å². The van der Waals surface area contributed by atoms with Gasteiger partial charge in [-0.3, -0.25) is 4.79 Å². The molecule has 6 heteroatoms. The standard InChI is InChI=1S/C17H18BrN3O2/c18-14-6-4-13(5-7-14)17(22)20-19-12-15-8-9-16(23-15)21-10-2-1-3-11-21/h4-9,12H,1-3,10-11H2,(H,20,22)/b19-12+. The zero-order valence-electron chi connectivity index (χ0n) is 12.7. The Hall–Kier alpha value is -2.08. The highest BCUT2D eigenvalue weighted by atomic mass is 79.9. The molecule has 0 spiro atoms. The quantitative estimate of drug-likeness (QED) is 0.653. The first-order valence-corrected chi connectivity index (χ1v) is 8.45.